The Bertz CT molecular complexity index is 1130. The van der Waals surface area contributed by atoms with Crippen molar-refractivity contribution in [1.29, 1.82) is 0 Å². The second-order valence-corrected chi connectivity index (χ2v) is 12.8. The zero-order valence-corrected chi connectivity index (χ0v) is 24.1. The average Bonchev–Trinajstić information content (AvgIpc) is 3.57. The van der Waals surface area contributed by atoms with Gasteiger partial charge in [0.25, 0.3) is 0 Å². The fraction of sp³-hybridized carbons (Fsp3) is 0.633. The third kappa shape index (κ3) is 7.44. The molecule has 1 aromatic carbocycles. The zero-order valence-electron chi connectivity index (χ0n) is 23.3. The summed E-state index contributed by atoms with van der Waals surface area (Å²) in [6.07, 6.45) is 9.52. The fourth-order valence-corrected chi connectivity index (χ4v) is 7.74. The number of halogens is 1. The van der Waals surface area contributed by atoms with E-state index in [1.807, 2.05) is 12.1 Å². The standard InChI is InChI=1S/C30H42FN5O2S/c1-20-28(21(2)37)39-30(32-20)34-29(38)33-27-13-15-36(26-7-3-4-8-26)19-24(27)18-35-14-5-6-23(17-35)16-22-9-11-25(31)12-10-22/h9-12,23-24,26-27H,3-8,13-19H2,1-2H3,(H2,32,33,34,38)/t23-,24+,27+/m0/s1. The molecule has 1 aromatic heterocycles. The van der Waals surface area contributed by atoms with Crippen LogP contribution in [0.1, 0.15) is 72.8 Å². The van der Waals surface area contributed by atoms with Crippen LogP contribution in [0.25, 0.3) is 0 Å². The van der Waals surface area contributed by atoms with Gasteiger partial charge in [0.05, 0.1) is 10.6 Å². The lowest BCUT2D eigenvalue weighted by Crippen LogP contribution is -2.57. The van der Waals surface area contributed by atoms with Gasteiger partial charge in [-0.1, -0.05) is 36.3 Å². The number of amides is 2. The quantitative estimate of drug-likeness (QED) is 0.421. The molecule has 2 aliphatic heterocycles. The van der Waals surface area contributed by atoms with Crippen molar-refractivity contribution in [3.8, 4) is 0 Å². The molecule has 5 rings (SSSR count). The lowest BCUT2D eigenvalue weighted by atomic mass is 9.87. The van der Waals surface area contributed by atoms with Crippen molar-refractivity contribution in [2.45, 2.75) is 77.3 Å². The summed E-state index contributed by atoms with van der Waals surface area (Å²) in [7, 11) is 0. The van der Waals surface area contributed by atoms with Crippen LogP contribution in [0.3, 0.4) is 0 Å². The first-order valence-corrected chi connectivity index (χ1v) is 15.4. The molecule has 212 valence electrons. The van der Waals surface area contributed by atoms with Gasteiger partial charge in [-0.25, -0.2) is 14.2 Å². The lowest BCUT2D eigenvalue weighted by molar-refractivity contribution is 0.0646. The molecule has 2 amide bonds. The molecule has 0 bridgehead atoms. The van der Waals surface area contributed by atoms with Crippen LogP contribution in [-0.2, 0) is 6.42 Å². The maximum atomic E-state index is 13.4. The fourth-order valence-electron chi connectivity index (χ4n) is 6.88. The van der Waals surface area contributed by atoms with Gasteiger partial charge in [0, 0.05) is 51.1 Å². The first-order valence-electron chi connectivity index (χ1n) is 14.6. The Morgan fingerprint density at radius 3 is 2.54 bits per heavy atom. The van der Waals surface area contributed by atoms with Crippen molar-refractivity contribution in [2.75, 3.05) is 38.0 Å². The van der Waals surface area contributed by atoms with Crippen LogP contribution in [0.15, 0.2) is 24.3 Å². The van der Waals surface area contributed by atoms with Gasteiger partial charge >= 0.3 is 6.03 Å². The first-order chi connectivity index (χ1) is 18.8. The summed E-state index contributed by atoms with van der Waals surface area (Å²) in [5.74, 6) is 0.703. The number of carbonyl (C=O) groups excluding carboxylic acids is 2. The number of benzene rings is 1. The molecular formula is C30H42FN5O2S. The number of likely N-dealkylation sites (tertiary alicyclic amines) is 2. The number of carbonyl (C=O) groups is 2. The minimum absolute atomic E-state index is 0.0305. The number of nitrogens with zero attached hydrogens (tertiary/aromatic N) is 3. The molecule has 39 heavy (non-hydrogen) atoms. The monoisotopic (exact) mass is 555 g/mol. The summed E-state index contributed by atoms with van der Waals surface area (Å²) in [6, 6.07) is 7.48. The van der Waals surface area contributed by atoms with Gasteiger partial charge in [0.2, 0.25) is 0 Å². The molecule has 3 fully saturated rings. The van der Waals surface area contributed by atoms with Gasteiger partial charge in [0.1, 0.15) is 5.82 Å². The molecule has 0 unspecified atom stereocenters. The highest BCUT2D eigenvalue weighted by molar-refractivity contribution is 7.17. The number of anilines is 1. The number of ketones is 1. The number of aromatic nitrogens is 1. The summed E-state index contributed by atoms with van der Waals surface area (Å²) in [4.78, 5) is 35.1. The van der Waals surface area contributed by atoms with Gasteiger partial charge in [-0.05, 0) is 75.6 Å². The maximum absolute atomic E-state index is 13.4. The minimum atomic E-state index is -0.240. The summed E-state index contributed by atoms with van der Waals surface area (Å²) in [5, 5.41) is 6.63. The van der Waals surface area contributed by atoms with E-state index >= 15 is 0 Å². The van der Waals surface area contributed by atoms with Crippen LogP contribution >= 0.6 is 11.3 Å². The van der Waals surface area contributed by atoms with Gasteiger partial charge in [0.15, 0.2) is 10.9 Å². The molecule has 3 aliphatic rings. The molecule has 7 nitrogen and oxygen atoms in total. The van der Waals surface area contributed by atoms with Crippen molar-refractivity contribution in [2.24, 2.45) is 11.8 Å². The maximum Gasteiger partial charge on any atom is 0.321 e. The zero-order chi connectivity index (χ0) is 27.4. The number of nitrogens with one attached hydrogen (secondary N) is 2. The number of hydrogen-bond donors (Lipinski definition) is 2. The Kier molecular flexibility index (Phi) is 9.30. The van der Waals surface area contributed by atoms with Gasteiger partial charge < -0.3 is 10.2 Å². The van der Waals surface area contributed by atoms with Crippen LogP contribution in [0, 0.1) is 24.6 Å². The molecule has 3 heterocycles. The summed E-state index contributed by atoms with van der Waals surface area (Å²) >= 11 is 1.24. The van der Waals surface area contributed by atoms with Gasteiger partial charge in [-0.15, -0.1) is 0 Å². The highest BCUT2D eigenvalue weighted by Crippen LogP contribution is 2.30. The van der Waals surface area contributed by atoms with Crippen LogP contribution in [-0.4, -0.2) is 71.4 Å². The highest BCUT2D eigenvalue weighted by atomic mass is 32.1. The van der Waals surface area contributed by atoms with Crippen molar-refractivity contribution in [3.05, 3.63) is 46.2 Å². The Hall–Kier alpha value is -2.36. The molecule has 0 radical (unpaired) electrons. The van der Waals surface area contributed by atoms with Crippen molar-refractivity contribution in [1.82, 2.24) is 20.1 Å². The van der Waals surface area contributed by atoms with Crippen LogP contribution in [0.5, 0.6) is 0 Å². The number of aryl methyl sites for hydroxylation is 1. The van der Waals surface area contributed by atoms with E-state index in [1.54, 1.807) is 19.1 Å². The third-order valence-electron chi connectivity index (χ3n) is 8.79. The predicted octanol–water partition coefficient (Wildman–Crippen LogP) is 5.50. The van der Waals surface area contributed by atoms with Crippen LogP contribution in [0.4, 0.5) is 14.3 Å². The van der Waals surface area contributed by atoms with Crippen LogP contribution in [0.2, 0.25) is 0 Å². The Morgan fingerprint density at radius 1 is 1.05 bits per heavy atom. The Morgan fingerprint density at radius 2 is 1.82 bits per heavy atom. The lowest BCUT2D eigenvalue weighted by Gasteiger charge is -2.44. The smallest absolute Gasteiger partial charge is 0.321 e. The molecule has 2 N–H and O–H groups in total. The molecule has 2 aromatic rings. The number of hydrogen-bond acceptors (Lipinski definition) is 6. The van der Waals surface area contributed by atoms with E-state index < -0.39 is 0 Å². The molecule has 1 saturated carbocycles. The predicted molar refractivity (Wildman–Crippen MR) is 154 cm³/mol. The molecule has 9 heteroatoms. The summed E-state index contributed by atoms with van der Waals surface area (Å²) in [6.45, 7) is 8.46. The van der Waals surface area contributed by atoms with E-state index in [1.165, 1.54) is 62.3 Å². The minimum Gasteiger partial charge on any atom is -0.335 e. The summed E-state index contributed by atoms with van der Waals surface area (Å²) in [5.41, 5.74) is 1.86. The number of Topliss-reactive ketones (excluding diaryl/α,β-unsaturated/α-hetero) is 1. The average molecular weight is 556 g/mol. The molecular weight excluding hydrogens is 513 g/mol. The second-order valence-electron chi connectivity index (χ2n) is 11.8. The van der Waals surface area contributed by atoms with Gasteiger partial charge in [-0.3, -0.25) is 15.0 Å². The van der Waals surface area contributed by atoms with Crippen molar-refractivity contribution in [3.63, 3.8) is 0 Å². The largest absolute Gasteiger partial charge is 0.335 e. The van der Waals surface area contributed by atoms with E-state index in [9.17, 15) is 14.0 Å². The van der Waals surface area contributed by atoms with E-state index in [4.69, 9.17) is 0 Å². The highest BCUT2D eigenvalue weighted by Gasteiger charge is 2.36. The molecule has 2 saturated heterocycles. The van der Waals surface area contributed by atoms with Crippen molar-refractivity contribution >= 4 is 28.3 Å². The van der Waals surface area contributed by atoms with E-state index in [2.05, 4.69) is 25.4 Å². The Balaban J connectivity index is 1.22. The van der Waals surface area contributed by atoms with Crippen molar-refractivity contribution < 1.29 is 14.0 Å². The van der Waals surface area contributed by atoms with Crippen LogP contribution < -0.4 is 10.6 Å². The molecule has 0 spiro atoms. The second kappa shape index (κ2) is 12.9. The summed E-state index contributed by atoms with van der Waals surface area (Å²) < 4.78 is 13.4. The third-order valence-corrected chi connectivity index (χ3v) is 9.97. The topological polar surface area (TPSA) is 77.6 Å². The van der Waals surface area contributed by atoms with E-state index in [0.29, 0.717) is 33.6 Å². The molecule has 3 atom stereocenters. The number of urea groups is 1. The number of thiazole rings is 1. The number of rotatable bonds is 8. The Labute approximate surface area is 235 Å². The SMILES string of the molecule is CC(=O)c1sc(NC(=O)N[C@@H]2CCN(C3CCCC3)C[C@H]2CN2CCC[C@@H](Cc3ccc(F)cc3)C2)nc1C. The van der Waals surface area contributed by atoms with E-state index in [-0.39, 0.29) is 23.7 Å². The normalized spacial score (nSPS) is 25.1. The number of piperidine rings is 2. The van der Waals surface area contributed by atoms with E-state index in [0.717, 1.165) is 45.6 Å². The van der Waals surface area contributed by atoms with Gasteiger partial charge in [-0.2, -0.15) is 0 Å². The molecule has 1 aliphatic carbocycles. The first kappa shape index (κ1) is 28.2.